The molecule has 1 heterocycles. The Balaban J connectivity index is 1.97. The van der Waals surface area contributed by atoms with Crippen molar-refractivity contribution in [1.82, 2.24) is 20.3 Å². The molecule has 8 nitrogen and oxygen atoms in total. The minimum atomic E-state index is 0.350. The number of halogens is 1. The van der Waals surface area contributed by atoms with Crippen molar-refractivity contribution in [2.45, 2.75) is 44.6 Å². The number of methoxy groups -OCH3 is 1. The number of allylic oxidation sites excluding steroid dienone is 2. The summed E-state index contributed by atoms with van der Waals surface area (Å²) in [5.41, 5.74) is 1.60. The second-order valence-electron chi connectivity index (χ2n) is 7.90. The van der Waals surface area contributed by atoms with Gasteiger partial charge in [-0.2, -0.15) is 0 Å². The molecule has 1 aliphatic rings. The average Bonchev–Trinajstić information content (AvgIpc) is 3.08. The van der Waals surface area contributed by atoms with E-state index in [9.17, 15) is 0 Å². The molecule has 0 bridgehead atoms. The Hall–Kier alpha value is -3.13. The quantitative estimate of drug-likeness (QED) is 0.268. The lowest BCUT2D eigenvalue weighted by Gasteiger charge is -2.15. The predicted octanol–water partition coefficient (Wildman–Crippen LogP) is 5.05. The van der Waals surface area contributed by atoms with Gasteiger partial charge in [0.1, 0.15) is 11.5 Å². The van der Waals surface area contributed by atoms with Crippen molar-refractivity contribution in [3.8, 4) is 5.75 Å². The van der Waals surface area contributed by atoms with Gasteiger partial charge in [0.2, 0.25) is 0 Å². The van der Waals surface area contributed by atoms with Crippen LogP contribution >= 0.6 is 11.6 Å². The fraction of sp³-hybridized carbons (Fsp3) is 0.417. The van der Waals surface area contributed by atoms with Gasteiger partial charge in [-0.05, 0) is 59.4 Å². The molecule has 0 atom stereocenters. The van der Waals surface area contributed by atoms with Crippen LogP contribution in [0.15, 0.2) is 43.1 Å². The topological polar surface area (TPSA) is 87.0 Å². The lowest BCUT2D eigenvalue weighted by molar-refractivity contribution is -0.412. The number of nitrogens with one attached hydrogen (secondary N) is 3. The Morgan fingerprint density at radius 1 is 1.15 bits per heavy atom. The van der Waals surface area contributed by atoms with E-state index in [1.807, 2.05) is 37.0 Å². The van der Waals surface area contributed by atoms with Crippen molar-refractivity contribution in [3.05, 3.63) is 48.2 Å². The lowest BCUT2D eigenvalue weighted by Crippen LogP contribution is -2.21. The first kappa shape index (κ1) is 24.5. The van der Waals surface area contributed by atoms with E-state index < -0.39 is 0 Å². The van der Waals surface area contributed by atoms with E-state index in [1.165, 1.54) is 25.7 Å². The minimum absolute atomic E-state index is 0.350. The summed E-state index contributed by atoms with van der Waals surface area (Å²) >= 11 is 6.30. The molecule has 33 heavy (non-hydrogen) atoms. The molecular weight excluding hydrogens is 438 g/mol. The Morgan fingerprint density at radius 2 is 1.88 bits per heavy atom. The number of ether oxygens (including phenoxy) is 1. The summed E-state index contributed by atoms with van der Waals surface area (Å²) in [5, 5.41) is 10.3. The van der Waals surface area contributed by atoms with Crippen LogP contribution in [0.1, 0.15) is 38.5 Å². The van der Waals surface area contributed by atoms with Gasteiger partial charge in [0, 0.05) is 18.8 Å². The molecule has 0 amide bonds. The number of aromatic nitrogens is 3. The van der Waals surface area contributed by atoms with Gasteiger partial charge in [0.05, 0.1) is 19.2 Å². The molecule has 3 rings (SSSR count). The van der Waals surface area contributed by atoms with Crippen LogP contribution in [0.2, 0.25) is 5.02 Å². The molecule has 176 valence electrons. The zero-order chi connectivity index (χ0) is 23.6. The standard InChI is InChI=1S/C24H32ClN7O/c1-5-19(14-15-26-2)32(3)24-30-22(27-17-10-8-6-7-9-11-17)29-23(31-24)28-18-12-13-21(33-4)20(25)16-18/h5,12-17H,1,6-11H2,2-4H3,(H2,27,28,29,30,31)/p+1. The fourth-order valence-electron chi connectivity index (χ4n) is 3.72. The Kier molecular flexibility index (Phi) is 9.06. The van der Waals surface area contributed by atoms with Crippen LogP contribution < -0.4 is 20.7 Å². The summed E-state index contributed by atoms with van der Waals surface area (Å²) in [6, 6.07) is 5.80. The second kappa shape index (κ2) is 12.2. The normalized spacial score (nSPS) is 15.5. The highest BCUT2D eigenvalue weighted by molar-refractivity contribution is 6.32. The Bertz CT molecular complexity index is 1010. The first-order chi connectivity index (χ1) is 16.0. The van der Waals surface area contributed by atoms with Crippen LogP contribution in [0.25, 0.3) is 0 Å². The zero-order valence-corrected chi connectivity index (χ0v) is 20.3. The van der Waals surface area contributed by atoms with Gasteiger partial charge in [-0.25, -0.2) is 4.58 Å². The molecule has 0 saturated heterocycles. The monoisotopic (exact) mass is 470 g/mol. The maximum Gasteiger partial charge on any atom is 0.440 e. The summed E-state index contributed by atoms with van der Waals surface area (Å²) in [5.74, 6) is 2.07. The van der Waals surface area contributed by atoms with Crippen molar-refractivity contribution < 1.29 is 9.31 Å². The van der Waals surface area contributed by atoms with Crippen LogP contribution in [-0.2, 0) is 0 Å². The largest absolute Gasteiger partial charge is 0.495 e. The van der Waals surface area contributed by atoms with E-state index in [-0.39, 0.29) is 0 Å². The van der Waals surface area contributed by atoms with Crippen molar-refractivity contribution in [1.29, 1.82) is 0 Å². The third kappa shape index (κ3) is 6.92. The zero-order valence-electron chi connectivity index (χ0n) is 19.6. The number of rotatable bonds is 9. The summed E-state index contributed by atoms with van der Waals surface area (Å²) in [6.07, 6.45) is 12.7. The second-order valence-corrected chi connectivity index (χ2v) is 8.31. The van der Waals surface area contributed by atoms with Crippen molar-refractivity contribution in [2.75, 3.05) is 31.8 Å². The fourth-order valence-corrected chi connectivity index (χ4v) is 3.97. The average molecular weight is 471 g/mol. The Labute approximate surface area is 200 Å². The maximum atomic E-state index is 6.30. The molecule has 1 aliphatic carbocycles. The number of hydrogen-bond acceptors (Lipinski definition) is 7. The summed E-state index contributed by atoms with van der Waals surface area (Å²) in [7, 11) is 5.33. The van der Waals surface area contributed by atoms with Gasteiger partial charge < -0.3 is 20.7 Å². The summed E-state index contributed by atoms with van der Waals surface area (Å²) in [6.45, 7) is 3.92. The Morgan fingerprint density at radius 3 is 2.52 bits per heavy atom. The van der Waals surface area contributed by atoms with Crippen molar-refractivity contribution >= 4 is 40.8 Å². The van der Waals surface area contributed by atoms with E-state index in [2.05, 4.69) is 32.5 Å². The van der Waals surface area contributed by atoms with E-state index in [0.29, 0.717) is 34.7 Å². The summed E-state index contributed by atoms with van der Waals surface area (Å²) in [4.78, 5) is 14.0. The van der Waals surface area contributed by atoms with Crippen molar-refractivity contribution in [2.24, 2.45) is 0 Å². The highest BCUT2D eigenvalue weighted by Crippen LogP contribution is 2.29. The molecular formula is C24H33ClN7O+. The van der Waals surface area contributed by atoms with E-state index in [1.54, 1.807) is 25.3 Å². The molecule has 2 aromatic rings. The molecule has 0 spiro atoms. The molecule has 0 unspecified atom stereocenters. The molecule has 9 heteroatoms. The SMILES string of the molecule is C=CC(/C=C\NC)=[N+](\C)c1nc(Nc2ccc(OC)c(Cl)c2)nc(NC2CCCCCC2)n1. The van der Waals surface area contributed by atoms with Gasteiger partial charge in [-0.1, -0.05) is 43.9 Å². The van der Waals surface area contributed by atoms with E-state index in [4.69, 9.17) is 21.3 Å². The van der Waals surface area contributed by atoms with Gasteiger partial charge in [-0.3, -0.25) is 0 Å². The number of hydrogen-bond donors (Lipinski definition) is 3. The molecule has 1 saturated carbocycles. The molecule has 0 aliphatic heterocycles. The molecule has 3 N–H and O–H groups in total. The van der Waals surface area contributed by atoms with Crippen LogP contribution in [-0.4, -0.2) is 52.5 Å². The van der Waals surface area contributed by atoms with E-state index in [0.717, 1.165) is 24.2 Å². The van der Waals surface area contributed by atoms with Crippen LogP contribution in [0.5, 0.6) is 5.75 Å². The van der Waals surface area contributed by atoms with Gasteiger partial charge in [0.15, 0.2) is 0 Å². The van der Waals surface area contributed by atoms with Crippen molar-refractivity contribution in [3.63, 3.8) is 0 Å². The van der Waals surface area contributed by atoms with Crippen LogP contribution in [0, 0.1) is 0 Å². The van der Waals surface area contributed by atoms with Crippen LogP contribution in [0.4, 0.5) is 23.5 Å². The predicted molar refractivity (Wildman–Crippen MR) is 135 cm³/mol. The third-order valence-electron chi connectivity index (χ3n) is 5.54. The van der Waals surface area contributed by atoms with Crippen LogP contribution in [0.3, 0.4) is 0 Å². The molecule has 1 aromatic carbocycles. The number of nitrogens with zero attached hydrogens (tertiary/aromatic N) is 4. The van der Waals surface area contributed by atoms with E-state index >= 15 is 0 Å². The summed E-state index contributed by atoms with van der Waals surface area (Å²) < 4.78 is 7.11. The number of anilines is 3. The molecule has 0 radical (unpaired) electrons. The smallest absolute Gasteiger partial charge is 0.440 e. The highest BCUT2D eigenvalue weighted by atomic mass is 35.5. The molecule has 1 fully saturated rings. The first-order valence-corrected chi connectivity index (χ1v) is 11.6. The van der Waals surface area contributed by atoms with Gasteiger partial charge in [0.25, 0.3) is 0 Å². The first-order valence-electron chi connectivity index (χ1n) is 11.2. The van der Waals surface area contributed by atoms with Gasteiger partial charge >= 0.3 is 17.8 Å². The van der Waals surface area contributed by atoms with Gasteiger partial charge in [-0.15, -0.1) is 4.98 Å². The third-order valence-corrected chi connectivity index (χ3v) is 5.83. The highest BCUT2D eigenvalue weighted by Gasteiger charge is 2.22. The molecule has 1 aromatic heterocycles. The maximum absolute atomic E-state index is 6.30. The minimum Gasteiger partial charge on any atom is -0.495 e. The lowest BCUT2D eigenvalue weighted by atomic mass is 10.1. The number of benzene rings is 1.